The SMILES string of the molecule is CCC(=O)CCCCc1cccc(C(O)CCN)c1. The lowest BCUT2D eigenvalue weighted by Crippen LogP contribution is -2.06. The van der Waals surface area contributed by atoms with E-state index in [0.717, 1.165) is 24.8 Å². The van der Waals surface area contributed by atoms with E-state index in [9.17, 15) is 9.90 Å². The van der Waals surface area contributed by atoms with Crippen molar-refractivity contribution >= 4 is 5.78 Å². The van der Waals surface area contributed by atoms with Crippen LogP contribution in [-0.2, 0) is 11.2 Å². The molecule has 3 heteroatoms. The molecule has 1 unspecified atom stereocenters. The number of carbonyl (C=O) groups excluding carboxylic acids is 1. The van der Waals surface area contributed by atoms with Crippen LogP contribution in [0.2, 0.25) is 0 Å². The molecule has 0 saturated carbocycles. The van der Waals surface area contributed by atoms with Crippen LogP contribution in [0.25, 0.3) is 0 Å². The fourth-order valence-electron chi connectivity index (χ4n) is 2.11. The molecule has 0 spiro atoms. The number of nitrogens with two attached hydrogens (primary N) is 1. The molecule has 1 aromatic rings. The van der Waals surface area contributed by atoms with Crippen LogP contribution in [0.4, 0.5) is 0 Å². The van der Waals surface area contributed by atoms with Crippen molar-refractivity contribution in [2.24, 2.45) is 5.73 Å². The van der Waals surface area contributed by atoms with Gasteiger partial charge in [0.25, 0.3) is 0 Å². The van der Waals surface area contributed by atoms with Crippen LogP contribution < -0.4 is 5.73 Å². The van der Waals surface area contributed by atoms with Crippen LogP contribution in [0.15, 0.2) is 24.3 Å². The van der Waals surface area contributed by atoms with Crippen molar-refractivity contribution < 1.29 is 9.90 Å². The van der Waals surface area contributed by atoms with Gasteiger partial charge in [-0.1, -0.05) is 31.2 Å². The molecule has 0 aliphatic heterocycles. The predicted octanol–water partition coefficient (Wildman–Crippen LogP) is 2.76. The molecule has 1 aromatic carbocycles. The number of aliphatic hydroxyl groups is 1. The molecular formula is C16H25NO2. The largest absolute Gasteiger partial charge is 0.388 e. The van der Waals surface area contributed by atoms with Gasteiger partial charge in [0.05, 0.1) is 6.10 Å². The van der Waals surface area contributed by atoms with Gasteiger partial charge in [0.2, 0.25) is 0 Å². The molecule has 1 atom stereocenters. The van der Waals surface area contributed by atoms with Gasteiger partial charge < -0.3 is 10.8 Å². The van der Waals surface area contributed by atoms with Crippen molar-refractivity contribution in [2.75, 3.05) is 6.54 Å². The standard InChI is InChI=1S/C16H25NO2/c1-2-15(18)9-4-3-6-13-7-5-8-14(12-13)16(19)10-11-17/h5,7-8,12,16,19H,2-4,6,9-11,17H2,1H3. The number of benzene rings is 1. The van der Waals surface area contributed by atoms with Crippen molar-refractivity contribution in [1.29, 1.82) is 0 Å². The third kappa shape index (κ3) is 5.99. The maximum Gasteiger partial charge on any atom is 0.132 e. The number of hydrogen-bond donors (Lipinski definition) is 2. The average molecular weight is 263 g/mol. The van der Waals surface area contributed by atoms with E-state index in [-0.39, 0.29) is 0 Å². The summed E-state index contributed by atoms with van der Waals surface area (Å²) in [6.07, 6.45) is 4.37. The number of carbonyl (C=O) groups is 1. The maximum atomic E-state index is 11.2. The molecule has 0 bridgehead atoms. The fourth-order valence-corrected chi connectivity index (χ4v) is 2.11. The first-order valence-corrected chi connectivity index (χ1v) is 7.16. The fraction of sp³-hybridized carbons (Fsp3) is 0.562. The third-order valence-corrected chi connectivity index (χ3v) is 3.34. The summed E-state index contributed by atoms with van der Waals surface area (Å²) >= 11 is 0. The van der Waals surface area contributed by atoms with Crippen LogP contribution >= 0.6 is 0 Å². The monoisotopic (exact) mass is 263 g/mol. The number of unbranched alkanes of at least 4 members (excludes halogenated alkanes) is 1. The lowest BCUT2D eigenvalue weighted by molar-refractivity contribution is -0.118. The van der Waals surface area contributed by atoms with Gasteiger partial charge in [0.15, 0.2) is 0 Å². The molecule has 0 fully saturated rings. The van der Waals surface area contributed by atoms with E-state index < -0.39 is 6.10 Å². The number of aliphatic hydroxyl groups excluding tert-OH is 1. The van der Waals surface area contributed by atoms with E-state index >= 15 is 0 Å². The first-order valence-electron chi connectivity index (χ1n) is 7.16. The number of aryl methyl sites for hydroxylation is 1. The van der Waals surface area contributed by atoms with Crippen molar-refractivity contribution in [3.8, 4) is 0 Å². The summed E-state index contributed by atoms with van der Waals surface area (Å²) in [6.45, 7) is 2.40. The van der Waals surface area contributed by atoms with Crippen molar-refractivity contribution in [3.63, 3.8) is 0 Å². The number of ketones is 1. The zero-order valence-corrected chi connectivity index (χ0v) is 11.8. The number of Topliss-reactive ketones (excluding diaryl/α,β-unsaturated/α-hetero) is 1. The van der Waals surface area contributed by atoms with Crippen LogP contribution in [-0.4, -0.2) is 17.4 Å². The smallest absolute Gasteiger partial charge is 0.132 e. The van der Waals surface area contributed by atoms with E-state index in [4.69, 9.17) is 5.73 Å². The third-order valence-electron chi connectivity index (χ3n) is 3.34. The van der Waals surface area contributed by atoms with Crippen LogP contribution in [0.3, 0.4) is 0 Å². The Kier molecular flexibility index (Phi) is 7.38. The molecule has 0 heterocycles. The van der Waals surface area contributed by atoms with E-state index in [1.807, 2.05) is 25.1 Å². The lowest BCUT2D eigenvalue weighted by Gasteiger charge is -2.11. The minimum absolute atomic E-state index is 0.340. The lowest BCUT2D eigenvalue weighted by atomic mass is 10.00. The summed E-state index contributed by atoms with van der Waals surface area (Å²) in [5.41, 5.74) is 7.61. The Bertz CT molecular complexity index is 390. The Labute approximate surface area is 115 Å². The Morgan fingerprint density at radius 3 is 2.84 bits per heavy atom. The zero-order chi connectivity index (χ0) is 14.1. The summed E-state index contributed by atoms with van der Waals surface area (Å²) in [5, 5.41) is 9.90. The van der Waals surface area contributed by atoms with Gasteiger partial charge in [-0.2, -0.15) is 0 Å². The van der Waals surface area contributed by atoms with Gasteiger partial charge in [-0.15, -0.1) is 0 Å². The second-order valence-electron chi connectivity index (χ2n) is 4.94. The van der Waals surface area contributed by atoms with E-state index in [1.165, 1.54) is 5.56 Å². The highest BCUT2D eigenvalue weighted by Crippen LogP contribution is 2.18. The molecule has 0 saturated heterocycles. The molecule has 3 N–H and O–H groups in total. The number of hydrogen-bond acceptors (Lipinski definition) is 3. The summed E-state index contributed by atoms with van der Waals surface area (Å²) in [7, 11) is 0. The predicted molar refractivity (Wildman–Crippen MR) is 77.9 cm³/mol. The minimum Gasteiger partial charge on any atom is -0.388 e. The van der Waals surface area contributed by atoms with Crippen molar-refractivity contribution in [3.05, 3.63) is 35.4 Å². The first kappa shape index (κ1) is 15.9. The molecule has 1 rings (SSSR count). The molecule has 106 valence electrons. The van der Waals surface area contributed by atoms with E-state index in [2.05, 4.69) is 6.07 Å². The van der Waals surface area contributed by atoms with Crippen LogP contribution in [0, 0.1) is 0 Å². The number of rotatable bonds is 9. The Balaban J connectivity index is 2.42. The molecule has 0 aliphatic carbocycles. The summed E-state index contributed by atoms with van der Waals surface area (Å²) in [6, 6.07) is 8.02. The van der Waals surface area contributed by atoms with E-state index in [0.29, 0.717) is 31.6 Å². The van der Waals surface area contributed by atoms with Crippen molar-refractivity contribution in [1.82, 2.24) is 0 Å². The molecule has 0 aliphatic rings. The highest BCUT2D eigenvalue weighted by Gasteiger charge is 2.06. The first-order chi connectivity index (χ1) is 9.17. The van der Waals surface area contributed by atoms with Gasteiger partial charge in [-0.3, -0.25) is 4.79 Å². The molecular weight excluding hydrogens is 238 g/mol. The summed E-state index contributed by atoms with van der Waals surface area (Å²) in [4.78, 5) is 11.2. The van der Waals surface area contributed by atoms with Gasteiger partial charge in [0, 0.05) is 12.8 Å². The molecule has 0 amide bonds. The van der Waals surface area contributed by atoms with Gasteiger partial charge in [-0.05, 0) is 43.4 Å². The van der Waals surface area contributed by atoms with Crippen LogP contribution in [0.5, 0.6) is 0 Å². The molecule has 0 radical (unpaired) electrons. The van der Waals surface area contributed by atoms with Crippen molar-refractivity contribution in [2.45, 2.75) is 51.6 Å². The maximum absolute atomic E-state index is 11.2. The normalized spacial score (nSPS) is 12.4. The summed E-state index contributed by atoms with van der Waals surface area (Å²) < 4.78 is 0. The molecule has 3 nitrogen and oxygen atoms in total. The van der Waals surface area contributed by atoms with Crippen LogP contribution in [0.1, 0.15) is 56.3 Å². The Morgan fingerprint density at radius 1 is 1.37 bits per heavy atom. The molecule has 19 heavy (non-hydrogen) atoms. The Morgan fingerprint density at radius 2 is 2.16 bits per heavy atom. The minimum atomic E-state index is -0.466. The van der Waals surface area contributed by atoms with Gasteiger partial charge >= 0.3 is 0 Å². The second kappa shape index (κ2) is 8.83. The average Bonchev–Trinajstić information content (AvgIpc) is 2.44. The zero-order valence-electron chi connectivity index (χ0n) is 11.8. The Hall–Kier alpha value is -1.19. The highest BCUT2D eigenvalue weighted by molar-refractivity contribution is 5.77. The topological polar surface area (TPSA) is 63.3 Å². The van der Waals surface area contributed by atoms with Gasteiger partial charge in [-0.25, -0.2) is 0 Å². The second-order valence-corrected chi connectivity index (χ2v) is 4.94. The van der Waals surface area contributed by atoms with E-state index in [1.54, 1.807) is 0 Å². The molecule has 0 aromatic heterocycles. The highest BCUT2D eigenvalue weighted by atomic mass is 16.3. The van der Waals surface area contributed by atoms with Gasteiger partial charge in [0.1, 0.15) is 5.78 Å². The quantitative estimate of drug-likeness (QED) is 0.673. The summed E-state index contributed by atoms with van der Waals surface area (Å²) in [5.74, 6) is 0.340.